The second-order valence-electron chi connectivity index (χ2n) is 12.2. The number of hydrogen-bond acceptors (Lipinski definition) is 0. The van der Waals surface area contributed by atoms with Crippen LogP contribution in [0.1, 0.15) is 52.7 Å². The number of fused-ring (bicyclic) bond motifs is 2. The first-order valence-corrected chi connectivity index (χ1v) is 14.4. The van der Waals surface area contributed by atoms with Crippen molar-refractivity contribution in [2.75, 3.05) is 0 Å². The van der Waals surface area contributed by atoms with E-state index in [-0.39, 0.29) is 10.8 Å². The van der Waals surface area contributed by atoms with Crippen LogP contribution in [0.2, 0.25) is 0 Å². The summed E-state index contributed by atoms with van der Waals surface area (Å²) in [5.41, 5.74) is 8.00. The van der Waals surface area contributed by atoms with E-state index >= 15 is 0 Å². The molecule has 0 fully saturated rings. The minimum atomic E-state index is 0.169. The monoisotopic (exact) mass is 576 g/mol. The topological polar surface area (TPSA) is 9.86 Å². The average molecular weight is 578 g/mol. The maximum atomic E-state index is 3.70. The maximum absolute atomic E-state index is 3.70. The van der Waals surface area contributed by atoms with Crippen molar-refractivity contribution in [3.8, 4) is 11.4 Å². The van der Waals surface area contributed by atoms with Crippen LogP contribution < -0.4 is 0 Å². The second kappa shape index (κ2) is 10.5. The lowest BCUT2D eigenvalue weighted by atomic mass is 9.86. The molecule has 0 amide bonds. The Bertz CT molecular complexity index is 1710. The van der Waals surface area contributed by atoms with E-state index in [0.717, 1.165) is 4.47 Å². The summed E-state index contributed by atoms with van der Waals surface area (Å²) in [6.45, 7) is 13.5. The van der Waals surface area contributed by atoms with Gasteiger partial charge in [-0.15, -0.1) is 0 Å². The van der Waals surface area contributed by atoms with Gasteiger partial charge in [0.1, 0.15) is 0 Å². The lowest BCUT2D eigenvalue weighted by Crippen LogP contribution is -2.10. The van der Waals surface area contributed by atoms with Gasteiger partial charge in [0, 0.05) is 39.0 Å². The van der Waals surface area contributed by atoms with Crippen molar-refractivity contribution in [2.24, 2.45) is 0 Å². The van der Waals surface area contributed by atoms with Crippen molar-refractivity contribution >= 4 is 37.7 Å². The minimum absolute atomic E-state index is 0.169. The van der Waals surface area contributed by atoms with Gasteiger partial charge in [-0.05, 0) is 92.5 Å². The lowest BCUT2D eigenvalue weighted by molar-refractivity contribution is 0.591. The smallest absolute Gasteiger partial charge is 0.0540 e. The predicted octanol–water partition coefficient (Wildman–Crippen LogP) is 10.6. The molecule has 0 spiro atoms. The first kappa shape index (κ1) is 27.0. The van der Waals surface area contributed by atoms with Gasteiger partial charge in [-0.25, -0.2) is 0 Å². The van der Waals surface area contributed by atoms with E-state index in [2.05, 4.69) is 170 Å². The average Bonchev–Trinajstić information content (AvgIpc) is 3.49. The molecule has 0 aliphatic heterocycles. The van der Waals surface area contributed by atoms with Gasteiger partial charge in [0.2, 0.25) is 0 Å². The molecule has 0 radical (unpaired) electrons. The molecule has 0 bridgehead atoms. The highest BCUT2D eigenvalue weighted by Gasteiger charge is 2.17. The molecule has 6 aromatic rings. The first-order chi connectivity index (χ1) is 18.5. The molecule has 2 aromatic heterocycles. The molecule has 0 saturated carbocycles. The van der Waals surface area contributed by atoms with Crippen LogP contribution in [0.15, 0.2) is 120 Å². The van der Waals surface area contributed by atoms with Crippen LogP contribution in [0.25, 0.3) is 33.2 Å². The Balaban J connectivity index is 0.000000158. The molecular weight excluding hydrogens is 540 g/mol. The highest BCUT2D eigenvalue weighted by Crippen LogP contribution is 2.33. The van der Waals surface area contributed by atoms with Gasteiger partial charge in [0.15, 0.2) is 0 Å². The zero-order valence-corrected chi connectivity index (χ0v) is 25.3. The van der Waals surface area contributed by atoms with Gasteiger partial charge < -0.3 is 9.13 Å². The summed E-state index contributed by atoms with van der Waals surface area (Å²) in [4.78, 5) is 0. The number of benzene rings is 4. The second-order valence-corrected chi connectivity index (χ2v) is 13.1. The molecule has 3 heteroatoms. The Hall–Kier alpha value is -3.56. The van der Waals surface area contributed by atoms with Crippen molar-refractivity contribution in [2.45, 2.75) is 52.4 Å². The van der Waals surface area contributed by atoms with E-state index in [1.807, 2.05) is 12.1 Å². The Morgan fingerprint density at radius 3 is 1.62 bits per heavy atom. The van der Waals surface area contributed by atoms with Crippen LogP contribution >= 0.6 is 15.9 Å². The molecule has 198 valence electrons. The summed E-state index contributed by atoms with van der Waals surface area (Å²) in [6.07, 6.45) is 4.29. The SMILES string of the molecule is CC(C)(C)c1ccc2c(c1)c(Br)cn2-c1ccccc1.CC(C)(C)c1ccc2c(ccn2-c2ccccc2)c1. The Kier molecular flexibility index (Phi) is 7.31. The molecule has 6 rings (SSSR count). The van der Waals surface area contributed by atoms with Gasteiger partial charge in [-0.1, -0.05) is 90.1 Å². The standard InChI is InChI=1S/C18H18BrN.C18H19N/c1-18(2,3)13-9-10-17-15(11-13)16(19)12-20(17)14-7-5-4-6-8-14;1-18(2,3)15-9-10-17-14(13-15)11-12-19(17)16-7-5-4-6-8-16/h4-12H,1-3H3;4-13H,1-3H3. The lowest BCUT2D eigenvalue weighted by Gasteiger charge is -2.19. The largest absolute Gasteiger partial charge is 0.317 e. The normalized spacial score (nSPS) is 12.0. The van der Waals surface area contributed by atoms with Crippen LogP contribution in [0.3, 0.4) is 0 Å². The Morgan fingerprint density at radius 1 is 0.538 bits per heavy atom. The highest BCUT2D eigenvalue weighted by molar-refractivity contribution is 9.10. The van der Waals surface area contributed by atoms with E-state index in [1.54, 1.807) is 0 Å². The Morgan fingerprint density at radius 2 is 1.05 bits per heavy atom. The third kappa shape index (κ3) is 5.74. The van der Waals surface area contributed by atoms with Gasteiger partial charge in [-0.3, -0.25) is 0 Å². The van der Waals surface area contributed by atoms with Gasteiger partial charge in [-0.2, -0.15) is 0 Å². The summed E-state index contributed by atoms with van der Waals surface area (Å²) in [5, 5.41) is 2.57. The third-order valence-corrected chi connectivity index (χ3v) is 7.88. The minimum Gasteiger partial charge on any atom is -0.317 e. The van der Waals surface area contributed by atoms with Crippen LogP contribution in [0.5, 0.6) is 0 Å². The molecule has 0 N–H and O–H groups in total. The number of nitrogens with zero attached hydrogens (tertiary/aromatic N) is 2. The fourth-order valence-corrected chi connectivity index (χ4v) is 5.40. The van der Waals surface area contributed by atoms with Gasteiger partial charge >= 0.3 is 0 Å². The van der Waals surface area contributed by atoms with E-state index in [0.29, 0.717) is 0 Å². The van der Waals surface area contributed by atoms with Crippen molar-refractivity contribution in [3.05, 3.63) is 131 Å². The summed E-state index contributed by atoms with van der Waals surface area (Å²) < 4.78 is 5.61. The predicted molar refractivity (Wildman–Crippen MR) is 172 cm³/mol. The summed E-state index contributed by atoms with van der Waals surface area (Å²) in [6, 6.07) is 36.6. The molecule has 2 nitrogen and oxygen atoms in total. The molecule has 0 aliphatic carbocycles. The van der Waals surface area contributed by atoms with Crippen LogP contribution in [0.4, 0.5) is 0 Å². The van der Waals surface area contributed by atoms with Crippen LogP contribution in [-0.4, -0.2) is 9.13 Å². The van der Waals surface area contributed by atoms with Crippen molar-refractivity contribution in [3.63, 3.8) is 0 Å². The molecule has 0 saturated heterocycles. The van der Waals surface area contributed by atoms with E-state index in [4.69, 9.17) is 0 Å². The summed E-state index contributed by atoms with van der Waals surface area (Å²) in [7, 11) is 0. The molecule has 0 aliphatic rings. The molecule has 4 aromatic carbocycles. The molecular formula is C36H37BrN2. The van der Waals surface area contributed by atoms with Crippen LogP contribution in [0, 0.1) is 0 Å². The van der Waals surface area contributed by atoms with Crippen molar-refractivity contribution in [1.29, 1.82) is 0 Å². The number of hydrogen-bond donors (Lipinski definition) is 0. The van der Waals surface area contributed by atoms with Gasteiger partial charge in [0.05, 0.1) is 11.0 Å². The van der Waals surface area contributed by atoms with Gasteiger partial charge in [0.25, 0.3) is 0 Å². The zero-order valence-electron chi connectivity index (χ0n) is 23.7. The molecule has 39 heavy (non-hydrogen) atoms. The molecule has 0 unspecified atom stereocenters. The van der Waals surface area contributed by atoms with E-state index < -0.39 is 0 Å². The van der Waals surface area contributed by atoms with Crippen molar-refractivity contribution < 1.29 is 0 Å². The maximum Gasteiger partial charge on any atom is 0.0540 e. The summed E-state index contributed by atoms with van der Waals surface area (Å²) in [5.74, 6) is 0. The number of rotatable bonds is 2. The first-order valence-electron chi connectivity index (χ1n) is 13.6. The molecule has 0 atom stereocenters. The number of para-hydroxylation sites is 2. The fraction of sp³-hybridized carbons (Fsp3) is 0.222. The van der Waals surface area contributed by atoms with E-state index in [9.17, 15) is 0 Å². The molecule has 2 heterocycles. The zero-order chi connectivity index (χ0) is 27.8. The Labute approximate surface area is 241 Å². The van der Waals surface area contributed by atoms with Crippen LogP contribution in [-0.2, 0) is 10.8 Å². The summed E-state index contributed by atoms with van der Waals surface area (Å²) >= 11 is 3.70. The van der Waals surface area contributed by atoms with E-state index in [1.165, 1.54) is 44.3 Å². The highest BCUT2D eigenvalue weighted by atomic mass is 79.9. The van der Waals surface area contributed by atoms with Crippen molar-refractivity contribution in [1.82, 2.24) is 9.13 Å². The third-order valence-electron chi connectivity index (χ3n) is 7.25. The number of aromatic nitrogens is 2. The number of halogens is 1. The quantitative estimate of drug-likeness (QED) is 0.194. The fourth-order valence-electron chi connectivity index (χ4n) is 4.88.